The van der Waals surface area contributed by atoms with Gasteiger partial charge in [-0.2, -0.15) is 4.98 Å². The maximum Gasteiger partial charge on any atom is 0.226 e. The third kappa shape index (κ3) is 4.74. The number of hydrogen-bond donors (Lipinski definition) is 1. The average molecular weight is 285 g/mol. The van der Waals surface area contributed by atoms with E-state index in [-0.39, 0.29) is 0 Å². The maximum atomic E-state index is 5.57. The summed E-state index contributed by atoms with van der Waals surface area (Å²) in [4.78, 5) is 8.76. The lowest BCUT2D eigenvalue weighted by molar-refractivity contribution is 0.305. The third-order valence-electron chi connectivity index (χ3n) is 3.17. The van der Waals surface area contributed by atoms with E-state index in [4.69, 9.17) is 4.74 Å². The highest BCUT2D eigenvalue weighted by Crippen LogP contribution is 2.13. The number of benzene rings is 1. The predicted molar refractivity (Wildman–Crippen MR) is 85.7 cm³/mol. The molecule has 0 radical (unpaired) electrons. The molecule has 21 heavy (non-hydrogen) atoms. The van der Waals surface area contributed by atoms with Crippen LogP contribution in [-0.2, 0) is 13.0 Å². The van der Waals surface area contributed by atoms with E-state index in [1.165, 1.54) is 11.1 Å². The van der Waals surface area contributed by atoms with Gasteiger partial charge in [0.15, 0.2) is 0 Å². The van der Waals surface area contributed by atoms with Gasteiger partial charge in [0, 0.05) is 18.3 Å². The minimum absolute atomic E-state index is 0.612. The number of ether oxygens (including phenoxy) is 1. The molecule has 0 fully saturated rings. The molecule has 0 saturated carbocycles. The van der Waals surface area contributed by atoms with Crippen molar-refractivity contribution in [2.45, 2.75) is 40.2 Å². The summed E-state index contributed by atoms with van der Waals surface area (Å²) in [6.07, 6.45) is 2.03. The number of nitrogens with zero attached hydrogens (tertiary/aromatic N) is 2. The van der Waals surface area contributed by atoms with Crippen LogP contribution in [0.1, 0.15) is 37.1 Å². The Labute approximate surface area is 126 Å². The summed E-state index contributed by atoms with van der Waals surface area (Å²) in [7, 11) is 0. The first-order valence-electron chi connectivity index (χ1n) is 7.51. The zero-order valence-electron chi connectivity index (χ0n) is 13.0. The molecular formula is C17H23N3O. The molecule has 1 aromatic heterocycles. The molecule has 2 aromatic rings. The van der Waals surface area contributed by atoms with Crippen LogP contribution in [0.25, 0.3) is 0 Å². The molecule has 2 rings (SSSR count). The van der Waals surface area contributed by atoms with Gasteiger partial charge in [-0.25, -0.2) is 4.98 Å². The van der Waals surface area contributed by atoms with E-state index >= 15 is 0 Å². The first kappa shape index (κ1) is 15.3. The lowest BCUT2D eigenvalue weighted by Gasteiger charge is -2.09. The average Bonchev–Trinajstić information content (AvgIpc) is 2.51. The molecule has 112 valence electrons. The van der Waals surface area contributed by atoms with Crippen LogP contribution in [0.15, 0.2) is 30.3 Å². The molecule has 0 atom stereocenters. The van der Waals surface area contributed by atoms with Crippen molar-refractivity contribution in [3.63, 3.8) is 0 Å². The number of aromatic nitrogens is 2. The molecule has 0 saturated heterocycles. The Bertz CT molecular complexity index is 567. The highest BCUT2D eigenvalue weighted by atomic mass is 16.5. The van der Waals surface area contributed by atoms with Gasteiger partial charge in [0.2, 0.25) is 11.8 Å². The van der Waals surface area contributed by atoms with Gasteiger partial charge in [-0.1, -0.05) is 38.1 Å². The van der Waals surface area contributed by atoms with Gasteiger partial charge in [-0.05, 0) is 30.9 Å². The molecule has 4 nitrogen and oxygen atoms in total. The molecule has 0 aliphatic carbocycles. The summed E-state index contributed by atoms with van der Waals surface area (Å²) in [6, 6.07) is 10.4. The lowest BCUT2D eigenvalue weighted by atomic mass is 10.1. The van der Waals surface area contributed by atoms with Crippen molar-refractivity contribution >= 4 is 5.95 Å². The summed E-state index contributed by atoms with van der Waals surface area (Å²) >= 11 is 0. The monoisotopic (exact) mass is 285 g/mol. The van der Waals surface area contributed by atoms with E-state index in [1.807, 2.05) is 13.0 Å². The predicted octanol–water partition coefficient (Wildman–Crippen LogP) is 3.75. The SMILES string of the molecule is CCCOc1cc(C)nc(NCc2ccc(CC)cc2)n1. The van der Waals surface area contributed by atoms with E-state index < -0.39 is 0 Å². The Hall–Kier alpha value is -2.10. The van der Waals surface area contributed by atoms with E-state index in [0.717, 1.165) is 18.5 Å². The highest BCUT2D eigenvalue weighted by molar-refractivity contribution is 5.33. The van der Waals surface area contributed by atoms with E-state index in [9.17, 15) is 0 Å². The normalized spacial score (nSPS) is 10.4. The summed E-state index contributed by atoms with van der Waals surface area (Å²) in [5, 5.41) is 3.25. The van der Waals surface area contributed by atoms with Gasteiger partial charge >= 0.3 is 0 Å². The smallest absolute Gasteiger partial charge is 0.226 e. The Kier molecular flexibility index (Phi) is 5.55. The first-order chi connectivity index (χ1) is 10.2. The van der Waals surface area contributed by atoms with Crippen LogP contribution in [0.4, 0.5) is 5.95 Å². The van der Waals surface area contributed by atoms with Gasteiger partial charge in [0.1, 0.15) is 0 Å². The molecule has 0 amide bonds. The standard InChI is InChI=1S/C17H23N3O/c1-4-10-21-16-11-13(3)19-17(20-16)18-12-15-8-6-14(5-2)7-9-15/h6-9,11H,4-5,10,12H2,1-3H3,(H,18,19,20). The zero-order valence-corrected chi connectivity index (χ0v) is 13.0. The molecular weight excluding hydrogens is 262 g/mol. The number of hydrogen-bond acceptors (Lipinski definition) is 4. The minimum atomic E-state index is 0.612. The fourth-order valence-corrected chi connectivity index (χ4v) is 1.97. The highest BCUT2D eigenvalue weighted by Gasteiger charge is 2.03. The maximum absolute atomic E-state index is 5.57. The van der Waals surface area contributed by atoms with E-state index in [0.29, 0.717) is 25.0 Å². The van der Waals surface area contributed by atoms with Crippen LogP contribution in [0.5, 0.6) is 5.88 Å². The molecule has 0 bridgehead atoms. The van der Waals surface area contributed by atoms with Crippen LogP contribution in [0.3, 0.4) is 0 Å². The van der Waals surface area contributed by atoms with Crippen molar-refractivity contribution in [3.8, 4) is 5.88 Å². The second-order valence-electron chi connectivity index (χ2n) is 5.04. The van der Waals surface area contributed by atoms with Gasteiger partial charge in [-0.3, -0.25) is 0 Å². The van der Waals surface area contributed by atoms with Crippen LogP contribution < -0.4 is 10.1 Å². The van der Waals surface area contributed by atoms with Crippen molar-refractivity contribution in [1.29, 1.82) is 0 Å². The second-order valence-corrected chi connectivity index (χ2v) is 5.04. The fraction of sp³-hybridized carbons (Fsp3) is 0.412. The van der Waals surface area contributed by atoms with Gasteiger partial charge in [0.05, 0.1) is 6.61 Å². The Balaban J connectivity index is 1.99. The summed E-state index contributed by atoms with van der Waals surface area (Å²) in [5.41, 5.74) is 3.47. The minimum Gasteiger partial charge on any atom is -0.478 e. The Morgan fingerprint density at radius 2 is 1.76 bits per heavy atom. The Morgan fingerprint density at radius 3 is 2.43 bits per heavy atom. The largest absolute Gasteiger partial charge is 0.478 e. The molecule has 0 spiro atoms. The van der Waals surface area contributed by atoms with Gasteiger partial charge in [-0.15, -0.1) is 0 Å². The fourth-order valence-electron chi connectivity index (χ4n) is 1.97. The van der Waals surface area contributed by atoms with Crippen LogP contribution >= 0.6 is 0 Å². The quantitative estimate of drug-likeness (QED) is 0.841. The molecule has 0 aliphatic heterocycles. The summed E-state index contributed by atoms with van der Waals surface area (Å²) in [5.74, 6) is 1.24. The summed E-state index contributed by atoms with van der Waals surface area (Å²) < 4.78 is 5.57. The molecule has 0 unspecified atom stereocenters. The molecule has 1 N–H and O–H groups in total. The van der Waals surface area contributed by atoms with Crippen LogP contribution in [0, 0.1) is 6.92 Å². The molecule has 0 aliphatic rings. The number of anilines is 1. The number of rotatable bonds is 7. The second kappa shape index (κ2) is 7.62. The lowest BCUT2D eigenvalue weighted by Crippen LogP contribution is -2.06. The van der Waals surface area contributed by atoms with Crippen molar-refractivity contribution in [2.24, 2.45) is 0 Å². The van der Waals surface area contributed by atoms with E-state index in [2.05, 4.69) is 53.4 Å². The Morgan fingerprint density at radius 1 is 1.05 bits per heavy atom. The van der Waals surface area contributed by atoms with Crippen molar-refractivity contribution in [2.75, 3.05) is 11.9 Å². The van der Waals surface area contributed by atoms with Crippen LogP contribution in [-0.4, -0.2) is 16.6 Å². The number of nitrogens with one attached hydrogen (secondary N) is 1. The van der Waals surface area contributed by atoms with Crippen LogP contribution in [0.2, 0.25) is 0 Å². The van der Waals surface area contributed by atoms with Crippen molar-refractivity contribution < 1.29 is 4.74 Å². The zero-order chi connectivity index (χ0) is 15.1. The third-order valence-corrected chi connectivity index (χ3v) is 3.17. The molecule has 1 aromatic carbocycles. The van der Waals surface area contributed by atoms with Crippen molar-refractivity contribution in [1.82, 2.24) is 9.97 Å². The van der Waals surface area contributed by atoms with Crippen molar-refractivity contribution in [3.05, 3.63) is 47.2 Å². The van der Waals surface area contributed by atoms with Gasteiger partial charge < -0.3 is 10.1 Å². The number of aryl methyl sites for hydroxylation is 2. The topological polar surface area (TPSA) is 47.0 Å². The molecule has 1 heterocycles. The van der Waals surface area contributed by atoms with Gasteiger partial charge in [0.25, 0.3) is 0 Å². The first-order valence-corrected chi connectivity index (χ1v) is 7.51. The summed E-state index contributed by atoms with van der Waals surface area (Å²) in [6.45, 7) is 7.57. The molecule has 4 heteroatoms. The van der Waals surface area contributed by atoms with E-state index in [1.54, 1.807) is 0 Å².